The molecule has 19 nitrogen and oxygen atoms in total. The van der Waals surface area contributed by atoms with Gasteiger partial charge < -0.3 is 47.4 Å². The minimum absolute atomic E-state index is 0.193. The van der Waals surface area contributed by atoms with Crippen LogP contribution in [0.1, 0.15) is 199 Å². The average Bonchev–Trinajstić information content (AvgIpc) is 1.62. The second-order valence-electron chi connectivity index (χ2n) is 25.8. The molecule has 6 aromatic heterocycles. The molecule has 103 heavy (non-hydrogen) atoms. The number of aromatic nitrogens is 6. The second-order valence-corrected chi connectivity index (χ2v) is 90.8. The van der Waals surface area contributed by atoms with E-state index in [2.05, 4.69) is 172 Å². The molecule has 3 atom stereocenters. The summed E-state index contributed by atoms with van der Waals surface area (Å²) in [5.41, 5.74) is 6.99. The van der Waals surface area contributed by atoms with Crippen molar-refractivity contribution in [1.29, 1.82) is 0 Å². The van der Waals surface area contributed by atoms with Crippen molar-refractivity contribution in [2.75, 3.05) is 59.1 Å². The van der Waals surface area contributed by atoms with Crippen LogP contribution in [0.5, 0.6) is 0 Å². The number of likely N-dealkylation sites (tertiary alicyclic amines) is 2. The van der Waals surface area contributed by atoms with Gasteiger partial charge >= 0.3 is 152 Å². The van der Waals surface area contributed by atoms with E-state index in [1.54, 1.807) is 18.6 Å². The Morgan fingerprint density at radius 3 is 1.03 bits per heavy atom. The van der Waals surface area contributed by atoms with Crippen LogP contribution in [0, 0.1) is 38.5 Å². The molecule has 0 unspecified atom stereocenters. The Bertz CT molecular complexity index is 3440. The molecule has 3 saturated carbocycles. The van der Waals surface area contributed by atoms with Gasteiger partial charge in [0.05, 0.1) is 54.8 Å². The van der Waals surface area contributed by atoms with Gasteiger partial charge in [-0.05, 0) is 181 Å². The van der Waals surface area contributed by atoms with Gasteiger partial charge in [-0.25, -0.2) is 29.3 Å². The number of pyridine rings is 3. The summed E-state index contributed by atoms with van der Waals surface area (Å²) in [6, 6.07) is 12.8. The summed E-state index contributed by atoms with van der Waals surface area (Å²) in [5.74, 6) is 0.829. The number of nitrogens with one attached hydrogen (secondary N) is 1. The van der Waals surface area contributed by atoms with Crippen LogP contribution in [0.3, 0.4) is 0 Å². The summed E-state index contributed by atoms with van der Waals surface area (Å²) in [5, 5.41) is 5.32. The number of ketones is 1. The number of hydrogen-bond donors (Lipinski definition) is 1. The van der Waals surface area contributed by atoms with Crippen molar-refractivity contribution in [2.45, 2.75) is 222 Å². The van der Waals surface area contributed by atoms with E-state index in [0.29, 0.717) is 137 Å². The Kier molecular flexibility index (Phi) is 40.2. The van der Waals surface area contributed by atoms with Gasteiger partial charge in [0.15, 0.2) is 0 Å². The first-order valence-electron chi connectivity index (χ1n) is 35.2. The number of fused-ring (bicyclic) bond motifs is 3. The molecule has 3 aliphatic heterocycles. The fraction of sp³-hybridized carbons (Fsp3) is 0.648. The quantitative estimate of drug-likeness (QED) is 0.0328. The van der Waals surface area contributed by atoms with Gasteiger partial charge in [-0.2, -0.15) is 26.3 Å². The normalized spacial score (nSPS) is 20.7. The molecule has 32 heteroatoms. The summed E-state index contributed by atoms with van der Waals surface area (Å²) in [6.45, 7) is 18.5. The summed E-state index contributed by atoms with van der Waals surface area (Å²) < 4.78 is 108. The monoisotopic (exact) mass is 2240 g/mol. The maximum absolute atomic E-state index is 12.6. The maximum atomic E-state index is 12.6. The van der Waals surface area contributed by atoms with Crippen molar-refractivity contribution in [2.24, 2.45) is 17.8 Å². The van der Waals surface area contributed by atoms with Crippen LogP contribution in [-0.4, -0.2) is 171 Å². The van der Waals surface area contributed by atoms with Crippen molar-refractivity contribution >= 4 is 158 Å². The third kappa shape index (κ3) is 25.3. The number of rotatable bonds is 20. The molecule has 1 N–H and O–H groups in total. The number of nitrogens with zero attached hydrogens (tertiary/aromatic N) is 8. The number of esters is 3. The first-order valence-corrected chi connectivity index (χ1v) is 66.7. The molecule has 6 aromatic rings. The van der Waals surface area contributed by atoms with Crippen LogP contribution < -0.4 is 18.6 Å². The molecule has 12 rings (SSSR count). The number of alkyl halides is 6. The van der Waals surface area contributed by atoms with Crippen LogP contribution in [0.4, 0.5) is 26.3 Å². The summed E-state index contributed by atoms with van der Waals surface area (Å²) in [6.07, 6.45) is 15.9. The number of carbonyl (C=O) groups is 4. The molecule has 0 amide bonds. The van der Waals surface area contributed by atoms with Crippen molar-refractivity contribution < 1.29 is 87.2 Å². The molecule has 0 bridgehead atoms. The minimum atomic E-state index is -2.68. The zero-order chi connectivity index (χ0) is 75.8. The molecule has 0 aromatic carbocycles. The molecule has 0 radical (unpaired) electrons. The molecule has 3 aliphatic carbocycles. The third-order valence-corrected chi connectivity index (χ3v) is 20.2. The fourth-order valence-electron chi connectivity index (χ4n) is 15.1. The zero-order valence-corrected chi connectivity index (χ0v) is 75.3. The second kappa shape index (κ2) is 45.8. The topological polar surface area (TPSA) is 196 Å². The zero-order valence-electron chi connectivity index (χ0n) is 60.2. The number of ether oxygens (including phenoxy) is 6. The predicted molar refractivity (Wildman–Crippen MR) is 438 cm³/mol. The first kappa shape index (κ1) is 90.5. The van der Waals surface area contributed by atoms with E-state index in [1.807, 2.05) is 91.8 Å². The standard InChI is InChI=1S/2C23H31F2N3O3.C19H24N2O3.C4H7F2NO.C2H6.I4.I3/c2*1-4-30-22(29)20-15(3)28(21-19(20)6-5-11-26-21)14(2)16-7-9-17(10-8-16)27-12-18(13-27)31-23(24)25;1-4-24-19(23)17-13(3)21(18-16(17)6-5-11-20-18)12(2)14-7-9-15(22)10-8-14;5-4(6)8-3-1-7-2-3;1-2;1-4(2)3;1-3-2/h2*5-6,11,14,16-18,23H,4,7-10,12-13H2,1-3H3;5-6,11-12,14H,4,7-10H2,1-3H3;3-4,7H,1-2H2;1-2H3;;/q;;;;;;-1/t2*14-,16?,17?;12-;;;;/m111..../s1. The average molecular weight is 2240 g/mol. The van der Waals surface area contributed by atoms with E-state index >= 15 is 0 Å². The van der Waals surface area contributed by atoms with Gasteiger partial charge in [0, 0.05) is 134 Å². The Hall–Kier alpha value is -1.40. The van der Waals surface area contributed by atoms with E-state index in [0.717, 1.165) is 114 Å². The molecule has 6 fully saturated rings. The van der Waals surface area contributed by atoms with Crippen LogP contribution in [0.25, 0.3) is 33.1 Å². The fourth-order valence-corrected chi connectivity index (χ4v) is 15.1. The Balaban J connectivity index is 0.000000219. The van der Waals surface area contributed by atoms with Gasteiger partial charge in [0.1, 0.15) is 22.7 Å². The van der Waals surface area contributed by atoms with Gasteiger partial charge in [0.2, 0.25) is 0 Å². The SMILES string of the molecule is CC.CCOC(=O)c1c(C)n([C@H](C)C2CCC(=O)CC2)c2ncccc12.CCOC(=O)c1c(C)n([C@H](C)C2CCC(N3CC(OC(F)F)C3)CC2)c2ncccc12.CCOC(=O)c1c(C)n([C@H](C)C2CCC(N3CC(OC(F)F)C3)CC2)c2ncccc12.FC(F)OC1CNC1.II(I)I.I[I-]I. The van der Waals surface area contributed by atoms with Gasteiger partial charge in [-0.1, -0.05) is 13.8 Å². The van der Waals surface area contributed by atoms with Crippen LogP contribution in [0.15, 0.2) is 55.0 Å². The van der Waals surface area contributed by atoms with Crippen molar-refractivity contribution in [3.63, 3.8) is 0 Å². The third-order valence-electron chi connectivity index (χ3n) is 20.2. The molecular weight excluding hydrogens is 2140 g/mol. The molecule has 9 heterocycles. The molecule has 3 saturated heterocycles. The van der Waals surface area contributed by atoms with Crippen LogP contribution >= 0.6 is 101 Å². The summed E-state index contributed by atoms with van der Waals surface area (Å²) >= 11 is 12.7. The van der Waals surface area contributed by atoms with E-state index in [1.165, 1.54) is 0 Å². The van der Waals surface area contributed by atoms with E-state index < -0.39 is 19.8 Å². The molecule has 580 valence electrons. The molecule has 6 aliphatic rings. The Labute approximate surface area is 668 Å². The Morgan fingerprint density at radius 1 is 0.515 bits per heavy atom. The van der Waals surface area contributed by atoms with E-state index in [-0.39, 0.29) is 62.2 Å². The van der Waals surface area contributed by atoms with Crippen molar-refractivity contribution in [3.8, 4) is 0 Å². The Morgan fingerprint density at radius 2 is 0.786 bits per heavy atom. The summed E-state index contributed by atoms with van der Waals surface area (Å²) in [4.78, 5) is 67.4. The number of carbonyl (C=O) groups excluding carboxylic acids is 4. The number of halogens is 13. The number of hydrogen-bond acceptors (Lipinski definition) is 16. The molecular formula is C71H99F6I7N9O10-. The van der Waals surface area contributed by atoms with Gasteiger partial charge in [0.25, 0.3) is 0 Å². The first-order chi connectivity index (χ1) is 49.3. The van der Waals surface area contributed by atoms with E-state index in [9.17, 15) is 45.5 Å². The van der Waals surface area contributed by atoms with Gasteiger partial charge in [-0.15, -0.1) is 0 Å². The predicted octanol–water partition coefficient (Wildman–Crippen LogP) is 16.5. The van der Waals surface area contributed by atoms with E-state index in [4.69, 9.17) is 14.2 Å². The number of Topliss-reactive ketones (excluding diaryl/α,β-unsaturated/α-hetero) is 1. The van der Waals surface area contributed by atoms with Gasteiger partial charge in [-0.3, -0.25) is 14.6 Å². The van der Waals surface area contributed by atoms with Crippen molar-refractivity contribution in [1.82, 2.24) is 43.8 Å². The van der Waals surface area contributed by atoms with Crippen LogP contribution in [-0.2, 0) is 33.2 Å². The molecule has 0 spiro atoms. The van der Waals surface area contributed by atoms with Crippen LogP contribution in [0.2, 0.25) is 0 Å². The summed E-state index contributed by atoms with van der Waals surface area (Å²) in [7, 11) is -0.353. The van der Waals surface area contributed by atoms with Crippen molar-refractivity contribution in [3.05, 3.63) is 88.8 Å².